The first-order valence-corrected chi connectivity index (χ1v) is 6.65. The maximum absolute atomic E-state index is 8.52. The lowest BCUT2D eigenvalue weighted by molar-refractivity contribution is -0.00521. The van der Waals surface area contributed by atoms with Crippen LogP contribution in [0.15, 0.2) is 0 Å². The molecule has 0 amide bonds. The summed E-state index contributed by atoms with van der Waals surface area (Å²) in [4.78, 5) is 0. The molecule has 0 aromatic rings. The number of nitrogens with one attached hydrogen (secondary N) is 1. The van der Waals surface area contributed by atoms with Crippen LogP contribution < -0.4 is 5.32 Å². The van der Waals surface area contributed by atoms with Gasteiger partial charge in [0.25, 0.3) is 0 Å². The molecule has 0 saturated carbocycles. The highest BCUT2D eigenvalue weighted by atomic mass is 16.6. The lowest BCUT2D eigenvalue weighted by Gasteiger charge is -2.07. The first-order chi connectivity index (χ1) is 9.41. The van der Waals surface area contributed by atoms with Crippen LogP contribution in [0.2, 0.25) is 0 Å². The molecule has 0 radical (unpaired) electrons. The van der Waals surface area contributed by atoms with Gasteiger partial charge in [-0.2, -0.15) is 0 Å². The highest BCUT2D eigenvalue weighted by Gasteiger charge is 1.92. The van der Waals surface area contributed by atoms with Gasteiger partial charge in [-0.15, -0.1) is 0 Å². The average Bonchev–Trinajstić information content (AvgIpc) is 2.43. The van der Waals surface area contributed by atoms with Crippen molar-refractivity contribution >= 4 is 0 Å². The third kappa shape index (κ3) is 17.7. The van der Waals surface area contributed by atoms with Gasteiger partial charge in [0.1, 0.15) is 0 Å². The number of rotatable bonds is 16. The third-order valence-corrected chi connectivity index (χ3v) is 2.06. The zero-order valence-corrected chi connectivity index (χ0v) is 11.5. The molecule has 0 bridgehead atoms. The van der Waals surface area contributed by atoms with E-state index in [2.05, 4.69) is 5.32 Å². The zero-order chi connectivity index (χ0) is 14.0. The number of aliphatic hydroxyl groups excluding tert-OH is 2. The summed E-state index contributed by atoms with van der Waals surface area (Å²) >= 11 is 0. The summed E-state index contributed by atoms with van der Waals surface area (Å²) in [6, 6.07) is 0. The van der Waals surface area contributed by atoms with Crippen molar-refractivity contribution in [2.24, 2.45) is 0 Å². The fourth-order valence-electron chi connectivity index (χ4n) is 1.17. The monoisotopic (exact) mass is 281 g/mol. The molecule has 0 saturated heterocycles. The second-order valence-electron chi connectivity index (χ2n) is 3.65. The van der Waals surface area contributed by atoms with Crippen LogP contribution in [0, 0.1) is 0 Å². The van der Waals surface area contributed by atoms with Crippen molar-refractivity contribution in [1.29, 1.82) is 0 Å². The zero-order valence-electron chi connectivity index (χ0n) is 11.5. The van der Waals surface area contributed by atoms with Crippen molar-refractivity contribution in [1.82, 2.24) is 5.32 Å². The summed E-state index contributed by atoms with van der Waals surface area (Å²) in [7, 11) is 0. The van der Waals surface area contributed by atoms with E-state index in [0.29, 0.717) is 59.4 Å². The Kier molecular flexibility index (Phi) is 17.5. The molecule has 0 unspecified atom stereocenters. The highest BCUT2D eigenvalue weighted by Crippen LogP contribution is 1.82. The van der Waals surface area contributed by atoms with Gasteiger partial charge in [-0.25, -0.2) is 0 Å². The Labute approximate surface area is 114 Å². The fourth-order valence-corrected chi connectivity index (χ4v) is 1.17. The molecule has 7 heteroatoms. The van der Waals surface area contributed by atoms with Crippen molar-refractivity contribution in [2.45, 2.75) is 0 Å². The maximum Gasteiger partial charge on any atom is 0.0701 e. The molecule has 0 rings (SSSR count). The van der Waals surface area contributed by atoms with Gasteiger partial charge < -0.3 is 34.5 Å². The highest BCUT2D eigenvalue weighted by molar-refractivity contribution is 4.43. The molecule has 116 valence electrons. The molecule has 19 heavy (non-hydrogen) atoms. The van der Waals surface area contributed by atoms with Gasteiger partial charge in [-0.3, -0.25) is 0 Å². The normalized spacial score (nSPS) is 11.1. The quantitative estimate of drug-likeness (QED) is 0.301. The molecule has 0 aromatic carbocycles. The van der Waals surface area contributed by atoms with Crippen LogP contribution in [0.1, 0.15) is 0 Å². The minimum atomic E-state index is 0.0403. The first kappa shape index (κ1) is 18.7. The van der Waals surface area contributed by atoms with E-state index in [1.807, 2.05) is 0 Å². The van der Waals surface area contributed by atoms with Gasteiger partial charge in [-0.05, 0) is 0 Å². The van der Waals surface area contributed by atoms with Crippen LogP contribution in [0.3, 0.4) is 0 Å². The molecule has 0 aromatic heterocycles. The van der Waals surface area contributed by atoms with Gasteiger partial charge in [-0.1, -0.05) is 0 Å². The van der Waals surface area contributed by atoms with Crippen LogP contribution in [0.25, 0.3) is 0 Å². The Morgan fingerprint density at radius 2 is 1.00 bits per heavy atom. The summed E-state index contributed by atoms with van der Waals surface area (Å²) in [6.07, 6.45) is 0. The van der Waals surface area contributed by atoms with E-state index < -0.39 is 0 Å². The first-order valence-electron chi connectivity index (χ1n) is 6.65. The minimum absolute atomic E-state index is 0.0403. The summed E-state index contributed by atoms with van der Waals surface area (Å²) in [5.41, 5.74) is 0. The Bertz CT molecular complexity index is 145. The van der Waals surface area contributed by atoms with Crippen molar-refractivity contribution in [3.8, 4) is 0 Å². The molecule has 0 fully saturated rings. The van der Waals surface area contributed by atoms with Gasteiger partial charge >= 0.3 is 0 Å². The second kappa shape index (κ2) is 17.7. The molecule has 0 spiro atoms. The summed E-state index contributed by atoms with van der Waals surface area (Å²) in [5.74, 6) is 0. The van der Waals surface area contributed by atoms with Crippen LogP contribution in [0.4, 0.5) is 0 Å². The number of hydrogen-bond acceptors (Lipinski definition) is 7. The molecule has 0 heterocycles. The van der Waals surface area contributed by atoms with Gasteiger partial charge in [0, 0.05) is 13.1 Å². The van der Waals surface area contributed by atoms with E-state index in [-0.39, 0.29) is 13.2 Å². The van der Waals surface area contributed by atoms with E-state index in [0.717, 1.165) is 6.54 Å². The fraction of sp³-hybridized carbons (Fsp3) is 1.00. The Morgan fingerprint density at radius 3 is 1.47 bits per heavy atom. The average molecular weight is 281 g/mol. The van der Waals surface area contributed by atoms with Gasteiger partial charge in [0.2, 0.25) is 0 Å². The van der Waals surface area contributed by atoms with Crippen molar-refractivity contribution < 1.29 is 29.2 Å². The molecule has 3 N–H and O–H groups in total. The molecule has 0 atom stereocenters. The van der Waals surface area contributed by atoms with E-state index in [4.69, 9.17) is 29.2 Å². The minimum Gasteiger partial charge on any atom is -0.395 e. The molecule has 0 aliphatic heterocycles. The summed E-state index contributed by atoms with van der Waals surface area (Å²) < 4.78 is 20.9. The maximum atomic E-state index is 8.52. The largest absolute Gasteiger partial charge is 0.395 e. The topological polar surface area (TPSA) is 89.4 Å². The lowest BCUT2D eigenvalue weighted by atomic mass is 10.6. The van der Waals surface area contributed by atoms with Crippen LogP contribution in [-0.4, -0.2) is 89.4 Å². The van der Waals surface area contributed by atoms with E-state index in [1.54, 1.807) is 0 Å². The molecular formula is C12H27NO6. The van der Waals surface area contributed by atoms with Gasteiger partial charge in [0.15, 0.2) is 0 Å². The predicted molar refractivity (Wildman–Crippen MR) is 70.3 cm³/mol. The van der Waals surface area contributed by atoms with Gasteiger partial charge in [0.05, 0.1) is 66.1 Å². The van der Waals surface area contributed by atoms with Crippen LogP contribution in [-0.2, 0) is 18.9 Å². The molecule has 0 aliphatic rings. The summed E-state index contributed by atoms with van der Waals surface area (Å²) in [6.45, 7) is 5.65. The molecule has 0 aliphatic carbocycles. The van der Waals surface area contributed by atoms with Crippen LogP contribution >= 0.6 is 0 Å². The Balaban J connectivity index is 2.88. The van der Waals surface area contributed by atoms with Crippen molar-refractivity contribution in [3.05, 3.63) is 0 Å². The Morgan fingerprint density at radius 1 is 0.526 bits per heavy atom. The van der Waals surface area contributed by atoms with Crippen molar-refractivity contribution in [3.63, 3.8) is 0 Å². The van der Waals surface area contributed by atoms with E-state index in [9.17, 15) is 0 Å². The van der Waals surface area contributed by atoms with Crippen LogP contribution in [0.5, 0.6) is 0 Å². The lowest BCUT2D eigenvalue weighted by Crippen LogP contribution is -2.23. The number of aliphatic hydroxyl groups is 2. The SMILES string of the molecule is OCCNCCOCCOCCOCCOCCO. The number of hydrogen-bond donors (Lipinski definition) is 3. The standard InChI is InChI=1S/C12H27NO6/c14-3-1-13-2-5-16-7-9-18-11-12-19-10-8-17-6-4-15/h13-15H,1-12H2. The third-order valence-electron chi connectivity index (χ3n) is 2.06. The smallest absolute Gasteiger partial charge is 0.0701 e. The van der Waals surface area contributed by atoms with E-state index in [1.165, 1.54) is 0 Å². The molecule has 7 nitrogen and oxygen atoms in total. The Hall–Kier alpha value is -0.280. The summed E-state index contributed by atoms with van der Waals surface area (Å²) in [5, 5.41) is 20.0. The molecular weight excluding hydrogens is 254 g/mol. The number of ether oxygens (including phenoxy) is 4. The second-order valence-corrected chi connectivity index (χ2v) is 3.65. The van der Waals surface area contributed by atoms with Crippen molar-refractivity contribution in [2.75, 3.05) is 79.2 Å². The van der Waals surface area contributed by atoms with E-state index >= 15 is 0 Å². The predicted octanol–water partition coefficient (Wildman–Crippen LogP) is -1.37.